The van der Waals surface area contributed by atoms with Crippen molar-refractivity contribution in [3.05, 3.63) is 35.0 Å². The maximum Gasteiger partial charge on any atom is 0.213 e. The third-order valence-corrected chi connectivity index (χ3v) is 2.48. The van der Waals surface area contributed by atoms with Crippen molar-refractivity contribution in [2.45, 2.75) is 0 Å². The normalized spacial score (nSPS) is 8.94. The van der Waals surface area contributed by atoms with Gasteiger partial charge in [0, 0.05) is 6.07 Å². The van der Waals surface area contributed by atoms with Gasteiger partial charge in [-0.25, -0.2) is 9.97 Å². The highest BCUT2D eigenvalue weighted by atomic mass is 32.1. The number of hydrogen-bond acceptors (Lipinski definition) is 7. The summed E-state index contributed by atoms with van der Waals surface area (Å²) >= 11 is 1.19. The van der Waals surface area contributed by atoms with Crippen LogP contribution in [0.25, 0.3) is 0 Å². The fraction of sp³-hybridized carbons (Fsp3) is 0.0909. The molecule has 0 atom stereocenters. The van der Waals surface area contributed by atoms with E-state index in [0.717, 1.165) is 6.29 Å². The summed E-state index contributed by atoms with van der Waals surface area (Å²) < 4.78 is 4.79. The van der Waals surface area contributed by atoms with E-state index in [9.17, 15) is 9.59 Å². The number of aldehydes is 2. The molecule has 0 unspecified atom stereocenters. The fourth-order valence-electron chi connectivity index (χ4n) is 0.965. The molecule has 0 spiro atoms. The lowest BCUT2D eigenvalue weighted by molar-refractivity contribution is 0.111. The summed E-state index contributed by atoms with van der Waals surface area (Å²) in [6.45, 7) is 0. The van der Waals surface area contributed by atoms with Crippen molar-refractivity contribution >= 4 is 29.0 Å². The second-order valence-corrected chi connectivity index (χ2v) is 4.04. The number of hydrogen-bond donors (Lipinski definition) is 1. The Morgan fingerprint density at radius 1 is 1.33 bits per heavy atom. The molecule has 6 nitrogen and oxygen atoms in total. The van der Waals surface area contributed by atoms with Gasteiger partial charge in [-0.1, -0.05) is 17.4 Å². The van der Waals surface area contributed by atoms with Crippen LogP contribution in [0.4, 0.5) is 5.13 Å². The molecule has 0 fully saturated rings. The lowest BCUT2D eigenvalue weighted by Crippen LogP contribution is -1.90. The number of nitrogens with zero attached hydrogens (tertiary/aromatic N) is 2. The van der Waals surface area contributed by atoms with Crippen LogP contribution in [0.1, 0.15) is 20.2 Å². The van der Waals surface area contributed by atoms with Gasteiger partial charge >= 0.3 is 0 Å². The average molecular weight is 265 g/mol. The summed E-state index contributed by atoms with van der Waals surface area (Å²) in [4.78, 5) is 28.1. The number of carbonyl (C=O) groups is 2. The number of ether oxygens (including phenoxy) is 1. The predicted molar refractivity (Wildman–Crippen MR) is 68.1 cm³/mol. The molecule has 0 saturated heterocycles. The summed E-state index contributed by atoms with van der Waals surface area (Å²) in [5, 5.41) is 0.437. The standard InChI is InChI=1S/C7H7NO2.C4H4N2OS/c1-10-7-4-2-3-6(5-9)8-7;5-4-6-1-3(2-7)8-4/h2-5H,1H3;1-2H,(H2,5,6). The number of pyridine rings is 1. The molecule has 94 valence electrons. The number of aromatic nitrogens is 2. The molecule has 0 aliphatic carbocycles. The second kappa shape index (κ2) is 7.13. The fourth-order valence-corrected chi connectivity index (χ4v) is 1.47. The Labute approximate surface area is 107 Å². The molecule has 18 heavy (non-hydrogen) atoms. The third-order valence-electron chi connectivity index (χ3n) is 1.73. The molecule has 2 rings (SSSR count). The Balaban J connectivity index is 0.000000184. The molecule has 2 aromatic heterocycles. The van der Waals surface area contributed by atoms with Crippen LogP contribution < -0.4 is 10.5 Å². The molecule has 0 saturated carbocycles. The van der Waals surface area contributed by atoms with E-state index in [4.69, 9.17) is 10.5 Å². The minimum absolute atomic E-state index is 0.388. The van der Waals surface area contributed by atoms with Crippen LogP contribution in [0.15, 0.2) is 24.4 Å². The van der Waals surface area contributed by atoms with Crippen LogP contribution in [0, 0.1) is 0 Å². The highest BCUT2D eigenvalue weighted by molar-refractivity contribution is 7.16. The minimum atomic E-state index is 0.388. The van der Waals surface area contributed by atoms with Crippen LogP contribution in [0.5, 0.6) is 5.88 Å². The number of methoxy groups -OCH3 is 1. The minimum Gasteiger partial charge on any atom is -0.481 e. The Kier molecular flexibility index (Phi) is 5.46. The molecular formula is C11H11N3O3S. The third kappa shape index (κ3) is 4.30. The first-order chi connectivity index (χ1) is 8.69. The highest BCUT2D eigenvalue weighted by Crippen LogP contribution is 2.10. The topological polar surface area (TPSA) is 95.2 Å². The van der Waals surface area contributed by atoms with Crippen LogP contribution >= 0.6 is 11.3 Å². The Bertz CT molecular complexity index is 528. The zero-order chi connectivity index (χ0) is 13.4. The largest absolute Gasteiger partial charge is 0.481 e. The van der Waals surface area contributed by atoms with Crippen LogP contribution in [-0.2, 0) is 0 Å². The number of nitrogen functional groups attached to an aromatic ring is 1. The van der Waals surface area contributed by atoms with E-state index in [0.29, 0.717) is 27.9 Å². The summed E-state index contributed by atoms with van der Waals surface area (Å²) in [6.07, 6.45) is 2.86. The van der Waals surface area contributed by atoms with E-state index in [1.807, 2.05) is 0 Å². The van der Waals surface area contributed by atoms with E-state index in [1.54, 1.807) is 18.2 Å². The Morgan fingerprint density at radius 2 is 2.11 bits per heavy atom. The van der Waals surface area contributed by atoms with Crippen molar-refractivity contribution in [3.63, 3.8) is 0 Å². The number of rotatable bonds is 3. The van der Waals surface area contributed by atoms with Gasteiger partial charge in [0.1, 0.15) is 5.69 Å². The van der Waals surface area contributed by atoms with Gasteiger partial charge in [0.05, 0.1) is 18.2 Å². The van der Waals surface area contributed by atoms with Gasteiger partial charge in [0.25, 0.3) is 0 Å². The highest BCUT2D eigenvalue weighted by Gasteiger charge is 1.93. The number of carbonyl (C=O) groups excluding carboxylic acids is 2. The van der Waals surface area contributed by atoms with Crippen molar-refractivity contribution in [2.75, 3.05) is 12.8 Å². The van der Waals surface area contributed by atoms with Crippen LogP contribution in [0.2, 0.25) is 0 Å². The second-order valence-electron chi connectivity index (χ2n) is 2.94. The van der Waals surface area contributed by atoms with Crippen molar-refractivity contribution in [3.8, 4) is 5.88 Å². The van der Waals surface area contributed by atoms with Gasteiger partial charge in [-0.05, 0) is 6.07 Å². The van der Waals surface area contributed by atoms with E-state index in [2.05, 4.69) is 9.97 Å². The van der Waals surface area contributed by atoms with E-state index in [-0.39, 0.29) is 0 Å². The SMILES string of the molecule is COc1cccc(C=O)n1.Nc1ncc(C=O)s1. The molecule has 0 radical (unpaired) electrons. The van der Waals surface area contributed by atoms with Crippen LogP contribution in [-0.4, -0.2) is 29.7 Å². The van der Waals surface area contributed by atoms with Crippen LogP contribution in [0.3, 0.4) is 0 Å². The molecule has 7 heteroatoms. The predicted octanol–water partition coefficient (Wildman–Crippen LogP) is 1.44. The van der Waals surface area contributed by atoms with Gasteiger partial charge in [-0.15, -0.1) is 0 Å². The summed E-state index contributed by atoms with van der Waals surface area (Å²) in [5.41, 5.74) is 5.59. The molecule has 2 aromatic rings. The van der Waals surface area contributed by atoms with Gasteiger partial charge < -0.3 is 10.5 Å². The first-order valence-corrected chi connectivity index (χ1v) is 5.64. The van der Waals surface area contributed by atoms with E-state index >= 15 is 0 Å². The monoisotopic (exact) mass is 265 g/mol. The van der Waals surface area contributed by atoms with Crippen molar-refractivity contribution in [1.29, 1.82) is 0 Å². The molecule has 0 aromatic carbocycles. The van der Waals surface area contributed by atoms with Crippen molar-refractivity contribution < 1.29 is 14.3 Å². The molecule has 0 amide bonds. The first kappa shape index (κ1) is 13.8. The Morgan fingerprint density at radius 3 is 2.56 bits per heavy atom. The summed E-state index contributed by atoms with van der Waals surface area (Å²) in [5.74, 6) is 0.463. The van der Waals surface area contributed by atoms with Gasteiger partial charge in [0.2, 0.25) is 5.88 Å². The molecule has 0 bridgehead atoms. The maximum absolute atomic E-state index is 10.2. The number of thiazole rings is 1. The number of anilines is 1. The zero-order valence-electron chi connectivity index (χ0n) is 9.57. The van der Waals surface area contributed by atoms with Gasteiger partial charge in [-0.3, -0.25) is 9.59 Å². The lowest BCUT2D eigenvalue weighted by atomic mass is 10.4. The lowest BCUT2D eigenvalue weighted by Gasteiger charge is -1.95. The smallest absolute Gasteiger partial charge is 0.213 e. The Hall–Kier alpha value is -2.28. The summed E-state index contributed by atoms with van der Waals surface area (Å²) in [7, 11) is 1.51. The van der Waals surface area contributed by atoms with E-state index < -0.39 is 0 Å². The quantitative estimate of drug-likeness (QED) is 0.844. The molecule has 0 aliphatic rings. The number of nitrogens with two attached hydrogens (primary N) is 1. The zero-order valence-corrected chi connectivity index (χ0v) is 10.4. The van der Waals surface area contributed by atoms with Gasteiger partial charge in [-0.2, -0.15) is 0 Å². The molecule has 0 aliphatic heterocycles. The van der Waals surface area contributed by atoms with Gasteiger partial charge in [0.15, 0.2) is 17.7 Å². The molecule has 2 N–H and O–H groups in total. The first-order valence-electron chi connectivity index (χ1n) is 4.82. The van der Waals surface area contributed by atoms with Crippen molar-refractivity contribution in [1.82, 2.24) is 9.97 Å². The molecular weight excluding hydrogens is 254 g/mol. The van der Waals surface area contributed by atoms with Crippen molar-refractivity contribution in [2.24, 2.45) is 0 Å². The maximum atomic E-state index is 10.2. The van der Waals surface area contributed by atoms with E-state index in [1.165, 1.54) is 24.6 Å². The molecule has 2 heterocycles. The average Bonchev–Trinajstić information content (AvgIpc) is 2.85. The summed E-state index contributed by atoms with van der Waals surface area (Å²) in [6, 6.07) is 5.03.